The molecule has 0 atom stereocenters. The molecule has 0 aliphatic heterocycles. The molecule has 0 aliphatic carbocycles. The molecule has 3 rings (SSSR count). The number of hydrogen-bond acceptors (Lipinski definition) is 3. The van der Waals surface area contributed by atoms with E-state index < -0.39 is 0 Å². The second kappa shape index (κ2) is 8.08. The van der Waals surface area contributed by atoms with Crippen molar-refractivity contribution in [1.29, 1.82) is 0 Å². The molecule has 128 valence electrons. The summed E-state index contributed by atoms with van der Waals surface area (Å²) in [4.78, 5) is 17.4. The van der Waals surface area contributed by atoms with Gasteiger partial charge in [-0.1, -0.05) is 60.7 Å². The lowest BCUT2D eigenvalue weighted by molar-refractivity contribution is 0.0956. The molecule has 0 unspecified atom stereocenters. The van der Waals surface area contributed by atoms with E-state index in [4.69, 9.17) is 0 Å². The lowest BCUT2D eigenvalue weighted by atomic mass is 9.88. The number of amides is 1. The van der Waals surface area contributed by atoms with Gasteiger partial charge in [0.1, 0.15) is 4.88 Å². The molecular formula is C21H22N2OS. The summed E-state index contributed by atoms with van der Waals surface area (Å²) in [6, 6.07) is 20.9. The second-order valence-corrected chi connectivity index (χ2v) is 7.27. The number of benzene rings is 2. The monoisotopic (exact) mass is 350 g/mol. The molecule has 0 radical (unpaired) electrons. The van der Waals surface area contributed by atoms with E-state index in [9.17, 15) is 4.79 Å². The zero-order chi connectivity index (χ0) is 17.6. The highest BCUT2D eigenvalue weighted by Crippen LogP contribution is 2.27. The number of nitrogens with zero attached hydrogens (tertiary/aromatic N) is 1. The van der Waals surface area contributed by atoms with Crippen LogP contribution in [0.5, 0.6) is 0 Å². The maximum atomic E-state index is 12.4. The van der Waals surface area contributed by atoms with Crippen molar-refractivity contribution in [3.8, 4) is 0 Å². The van der Waals surface area contributed by atoms with Crippen molar-refractivity contribution < 1.29 is 4.79 Å². The molecular weight excluding hydrogens is 328 g/mol. The van der Waals surface area contributed by atoms with Gasteiger partial charge in [-0.25, -0.2) is 4.98 Å². The van der Waals surface area contributed by atoms with E-state index in [2.05, 4.69) is 58.8 Å². The quantitative estimate of drug-likeness (QED) is 0.699. The second-order valence-electron chi connectivity index (χ2n) is 6.07. The molecule has 0 bridgehead atoms. The molecule has 1 heterocycles. The lowest BCUT2D eigenvalue weighted by Gasteiger charge is -2.18. The summed E-state index contributed by atoms with van der Waals surface area (Å²) in [5.74, 6) is 0.245. The Hall–Kier alpha value is -2.46. The van der Waals surface area contributed by atoms with Crippen molar-refractivity contribution >= 4 is 17.2 Å². The van der Waals surface area contributed by atoms with Gasteiger partial charge in [0.05, 0.1) is 10.7 Å². The fourth-order valence-electron chi connectivity index (χ4n) is 3.05. The third kappa shape index (κ3) is 4.34. The van der Waals surface area contributed by atoms with Gasteiger partial charge in [-0.15, -0.1) is 11.3 Å². The number of nitrogens with one attached hydrogen (secondary N) is 1. The Morgan fingerprint density at radius 3 is 2.04 bits per heavy atom. The average Bonchev–Trinajstić information content (AvgIpc) is 2.98. The number of carbonyl (C=O) groups is 1. The first-order valence-electron chi connectivity index (χ1n) is 8.47. The summed E-state index contributed by atoms with van der Waals surface area (Å²) >= 11 is 1.45. The SMILES string of the molecule is Cc1nc(C)c(C(=O)NCCC(c2ccccc2)c2ccccc2)s1. The van der Waals surface area contributed by atoms with E-state index >= 15 is 0 Å². The first-order chi connectivity index (χ1) is 12.1. The van der Waals surface area contributed by atoms with Crippen molar-refractivity contribution in [2.75, 3.05) is 6.54 Å². The van der Waals surface area contributed by atoms with Crippen LogP contribution in [0, 0.1) is 13.8 Å². The molecule has 1 amide bonds. The van der Waals surface area contributed by atoms with Gasteiger partial charge in [-0.3, -0.25) is 4.79 Å². The Morgan fingerprint density at radius 2 is 1.56 bits per heavy atom. The minimum atomic E-state index is -0.0250. The summed E-state index contributed by atoms with van der Waals surface area (Å²) in [5, 5.41) is 3.98. The highest BCUT2D eigenvalue weighted by Gasteiger charge is 2.16. The van der Waals surface area contributed by atoms with Crippen LogP contribution in [0.4, 0.5) is 0 Å². The van der Waals surface area contributed by atoms with Crippen LogP contribution in [0.1, 0.15) is 43.8 Å². The van der Waals surface area contributed by atoms with E-state index in [1.807, 2.05) is 26.0 Å². The van der Waals surface area contributed by atoms with Crippen molar-refractivity contribution in [3.63, 3.8) is 0 Å². The predicted molar refractivity (Wildman–Crippen MR) is 103 cm³/mol. The van der Waals surface area contributed by atoms with Crippen LogP contribution in [0.15, 0.2) is 60.7 Å². The number of aromatic nitrogens is 1. The summed E-state index contributed by atoms with van der Waals surface area (Å²) in [5.41, 5.74) is 3.35. The molecule has 0 fully saturated rings. The first kappa shape index (κ1) is 17.4. The molecule has 0 spiro atoms. The van der Waals surface area contributed by atoms with Gasteiger partial charge in [0.25, 0.3) is 5.91 Å². The maximum absolute atomic E-state index is 12.4. The van der Waals surface area contributed by atoms with Crippen LogP contribution in [0.3, 0.4) is 0 Å². The number of rotatable bonds is 6. The third-order valence-electron chi connectivity index (χ3n) is 4.23. The number of hydrogen-bond donors (Lipinski definition) is 1. The summed E-state index contributed by atoms with van der Waals surface area (Å²) in [6.07, 6.45) is 0.858. The molecule has 3 nitrogen and oxygen atoms in total. The van der Waals surface area contributed by atoms with Crippen LogP contribution in [-0.2, 0) is 0 Å². The van der Waals surface area contributed by atoms with E-state index in [1.54, 1.807) is 0 Å². The van der Waals surface area contributed by atoms with Gasteiger partial charge in [0, 0.05) is 12.5 Å². The molecule has 1 N–H and O–H groups in total. The number of thiazole rings is 1. The largest absolute Gasteiger partial charge is 0.351 e. The highest BCUT2D eigenvalue weighted by atomic mass is 32.1. The minimum Gasteiger partial charge on any atom is -0.351 e. The standard InChI is InChI=1S/C21H22N2OS/c1-15-20(25-16(2)23-15)21(24)22-14-13-19(17-9-5-3-6-10-17)18-11-7-4-8-12-18/h3-12,19H,13-14H2,1-2H3,(H,22,24). The van der Waals surface area contributed by atoms with Crippen molar-refractivity contribution in [1.82, 2.24) is 10.3 Å². The molecule has 0 saturated heterocycles. The molecule has 2 aromatic carbocycles. The number of carbonyl (C=O) groups excluding carboxylic acids is 1. The Balaban J connectivity index is 1.69. The predicted octanol–water partition coefficient (Wildman–Crippen LogP) is 4.71. The lowest BCUT2D eigenvalue weighted by Crippen LogP contribution is -2.25. The van der Waals surface area contributed by atoms with E-state index in [1.165, 1.54) is 22.5 Å². The van der Waals surface area contributed by atoms with E-state index in [-0.39, 0.29) is 11.8 Å². The summed E-state index contributed by atoms with van der Waals surface area (Å²) in [6.45, 7) is 4.44. The van der Waals surface area contributed by atoms with Crippen molar-refractivity contribution in [3.05, 3.63) is 87.4 Å². The van der Waals surface area contributed by atoms with E-state index in [0.717, 1.165) is 17.1 Å². The van der Waals surface area contributed by atoms with Gasteiger partial charge in [-0.05, 0) is 31.4 Å². The fraction of sp³-hybridized carbons (Fsp3) is 0.238. The minimum absolute atomic E-state index is 0.0250. The van der Waals surface area contributed by atoms with Crippen molar-refractivity contribution in [2.45, 2.75) is 26.2 Å². The van der Waals surface area contributed by atoms with Crippen LogP contribution < -0.4 is 5.32 Å². The molecule has 25 heavy (non-hydrogen) atoms. The average molecular weight is 350 g/mol. The van der Waals surface area contributed by atoms with Crippen LogP contribution in [-0.4, -0.2) is 17.4 Å². The fourth-order valence-corrected chi connectivity index (χ4v) is 3.88. The summed E-state index contributed by atoms with van der Waals surface area (Å²) < 4.78 is 0. The smallest absolute Gasteiger partial charge is 0.263 e. The Bertz CT molecular complexity index is 788. The van der Waals surface area contributed by atoms with Crippen LogP contribution in [0.2, 0.25) is 0 Å². The Labute approximate surface area is 152 Å². The zero-order valence-corrected chi connectivity index (χ0v) is 15.3. The third-order valence-corrected chi connectivity index (χ3v) is 5.30. The van der Waals surface area contributed by atoms with Gasteiger partial charge >= 0.3 is 0 Å². The molecule has 0 aliphatic rings. The molecule has 3 aromatic rings. The van der Waals surface area contributed by atoms with Gasteiger partial charge < -0.3 is 5.32 Å². The van der Waals surface area contributed by atoms with Gasteiger partial charge in [0.2, 0.25) is 0 Å². The zero-order valence-electron chi connectivity index (χ0n) is 14.5. The topological polar surface area (TPSA) is 42.0 Å². The van der Waals surface area contributed by atoms with Gasteiger partial charge in [0.15, 0.2) is 0 Å². The first-order valence-corrected chi connectivity index (χ1v) is 9.29. The molecule has 4 heteroatoms. The highest BCUT2D eigenvalue weighted by molar-refractivity contribution is 7.13. The normalized spacial score (nSPS) is 10.8. The van der Waals surface area contributed by atoms with Crippen LogP contribution >= 0.6 is 11.3 Å². The summed E-state index contributed by atoms with van der Waals surface area (Å²) in [7, 11) is 0. The van der Waals surface area contributed by atoms with Gasteiger partial charge in [-0.2, -0.15) is 0 Å². The Kier molecular flexibility index (Phi) is 5.61. The molecule has 1 aromatic heterocycles. The van der Waals surface area contributed by atoms with Crippen molar-refractivity contribution in [2.24, 2.45) is 0 Å². The maximum Gasteiger partial charge on any atom is 0.263 e. The number of aryl methyl sites for hydroxylation is 2. The van der Waals surface area contributed by atoms with Crippen LogP contribution in [0.25, 0.3) is 0 Å². The molecule has 0 saturated carbocycles. The Morgan fingerprint density at radius 1 is 1.00 bits per heavy atom. The van der Waals surface area contributed by atoms with E-state index in [0.29, 0.717) is 11.4 Å².